The molecule has 0 radical (unpaired) electrons. The Morgan fingerprint density at radius 1 is 1.47 bits per heavy atom. The van der Waals surface area contributed by atoms with E-state index in [0.717, 1.165) is 25.7 Å². The molecule has 0 amide bonds. The second-order valence-electron chi connectivity index (χ2n) is 5.21. The molecule has 4 nitrogen and oxygen atoms in total. The van der Waals surface area contributed by atoms with Crippen molar-refractivity contribution in [2.45, 2.75) is 58.1 Å². The first kappa shape index (κ1) is 14.5. The van der Waals surface area contributed by atoms with Crippen molar-refractivity contribution in [3.63, 3.8) is 0 Å². The largest absolute Gasteiger partial charge is 0.459 e. The fourth-order valence-electron chi connectivity index (χ4n) is 2.10. The van der Waals surface area contributed by atoms with Crippen molar-refractivity contribution in [3.05, 3.63) is 0 Å². The van der Waals surface area contributed by atoms with E-state index in [-0.39, 0.29) is 12.1 Å². The Hall–Kier alpha value is -0.610. The first-order valence-electron chi connectivity index (χ1n) is 6.55. The predicted molar refractivity (Wildman–Crippen MR) is 66.6 cm³/mol. The average molecular weight is 243 g/mol. The highest BCUT2D eigenvalue weighted by atomic mass is 16.6. The highest BCUT2D eigenvalue weighted by Gasteiger charge is 2.39. The molecule has 0 saturated heterocycles. The zero-order chi connectivity index (χ0) is 12.9. The van der Waals surface area contributed by atoms with Crippen molar-refractivity contribution >= 4 is 5.97 Å². The number of carbonyl (C=O) groups excluding carboxylic acids is 1. The van der Waals surface area contributed by atoms with Gasteiger partial charge in [0.15, 0.2) is 0 Å². The Balaban J connectivity index is 2.40. The van der Waals surface area contributed by atoms with E-state index in [1.54, 1.807) is 0 Å². The summed E-state index contributed by atoms with van der Waals surface area (Å²) in [5.74, 6) is 0.400. The molecule has 0 aliphatic heterocycles. The molecular formula is C13H25NO3. The summed E-state index contributed by atoms with van der Waals surface area (Å²) in [7, 11) is 0. The molecule has 1 aliphatic rings. The highest BCUT2D eigenvalue weighted by Crippen LogP contribution is 2.31. The highest BCUT2D eigenvalue weighted by molar-refractivity contribution is 5.80. The van der Waals surface area contributed by atoms with Crippen LogP contribution in [0.15, 0.2) is 0 Å². The number of hydrogen-bond acceptors (Lipinski definition) is 4. The Kier molecular flexibility index (Phi) is 5.40. The molecule has 0 aromatic carbocycles. The second-order valence-corrected chi connectivity index (χ2v) is 5.21. The van der Waals surface area contributed by atoms with Gasteiger partial charge in [0.2, 0.25) is 0 Å². The lowest BCUT2D eigenvalue weighted by molar-refractivity contribution is -0.159. The fourth-order valence-corrected chi connectivity index (χ4v) is 2.10. The minimum atomic E-state index is -0.771. The summed E-state index contributed by atoms with van der Waals surface area (Å²) in [6.07, 6.45) is 3.25. The lowest BCUT2D eigenvalue weighted by Gasteiger charge is -2.34. The van der Waals surface area contributed by atoms with Gasteiger partial charge in [-0.15, -0.1) is 0 Å². The number of rotatable bonds is 5. The van der Waals surface area contributed by atoms with Gasteiger partial charge >= 0.3 is 5.97 Å². The lowest BCUT2D eigenvalue weighted by Crippen LogP contribution is -2.52. The quantitative estimate of drug-likeness (QED) is 0.749. The van der Waals surface area contributed by atoms with Crippen molar-refractivity contribution < 1.29 is 14.3 Å². The van der Waals surface area contributed by atoms with Crippen LogP contribution >= 0.6 is 0 Å². The third-order valence-corrected chi connectivity index (χ3v) is 3.44. The molecule has 0 heterocycles. The smallest absolute Gasteiger partial charge is 0.326 e. The van der Waals surface area contributed by atoms with Crippen LogP contribution in [0.5, 0.6) is 0 Å². The molecule has 4 heteroatoms. The van der Waals surface area contributed by atoms with Crippen LogP contribution < -0.4 is 5.73 Å². The Bertz CT molecular complexity index is 247. The number of ether oxygens (including phenoxy) is 2. The maximum atomic E-state index is 12.0. The normalized spacial score (nSPS) is 30.9. The molecule has 0 spiro atoms. The van der Waals surface area contributed by atoms with Gasteiger partial charge in [-0.2, -0.15) is 0 Å². The fraction of sp³-hybridized carbons (Fsp3) is 0.923. The summed E-state index contributed by atoms with van der Waals surface area (Å²) in [5.41, 5.74) is 5.36. The van der Waals surface area contributed by atoms with Crippen LogP contribution in [0.1, 0.15) is 46.5 Å². The standard InChI is InChI=1S/C13H25NO3/c1-4-16-9-11(3)17-12(15)13(14)7-5-10(2)6-8-13/h10-11H,4-9,14H2,1-3H3. The van der Waals surface area contributed by atoms with Gasteiger partial charge in [-0.3, -0.25) is 4.79 Å². The van der Waals surface area contributed by atoms with Gasteiger partial charge < -0.3 is 15.2 Å². The van der Waals surface area contributed by atoms with Gasteiger partial charge in [-0.1, -0.05) is 6.92 Å². The van der Waals surface area contributed by atoms with Crippen molar-refractivity contribution in [3.8, 4) is 0 Å². The summed E-state index contributed by atoms with van der Waals surface area (Å²) < 4.78 is 10.6. The minimum Gasteiger partial charge on any atom is -0.459 e. The van der Waals surface area contributed by atoms with E-state index in [9.17, 15) is 4.79 Å². The van der Waals surface area contributed by atoms with Gasteiger partial charge in [-0.25, -0.2) is 0 Å². The molecule has 0 aromatic heterocycles. The van der Waals surface area contributed by atoms with Gasteiger partial charge in [0.25, 0.3) is 0 Å². The number of esters is 1. The summed E-state index contributed by atoms with van der Waals surface area (Å²) in [6, 6.07) is 0. The van der Waals surface area contributed by atoms with E-state index in [2.05, 4.69) is 6.92 Å². The molecule has 1 aliphatic carbocycles. The zero-order valence-electron chi connectivity index (χ0n) is 11.2. The lowest BCUT2D eigenvalue weighted by atomic mass is 9.78. The summed E-state index contributed by atoms with van der Waals surface area (Å²) in [4.78, 5) is 12.0. The first-order valence-corrected chi connectivity index (χ1v) is 6.55. The van der Waals surface area contributed by atoms with Crippen molar-refractivity contribution in [1.82, 2.24) is 0 Å². The summed E-state index contributed by atoms with van der Waals surface area (Å²) in [6.45, 7) is 7.02. The van der Waals surface area contributed by atoms with Gasteiger partial charge in [0.05, 0.1) is 6.61 Å². The van der Waals surface area contributed by atoms with Crippen LogP contribution in [-0.2, 0) is 14.3 Å². The molecule has 100 valence electrons. The molecule has 0 aromatic rings. The Morgan fingerprint density at radius 2 is 2.06 bits per heavy atom. The Labute approximate surface area is 104 Å². The van der Waals surface area contributed by atoms with E-state index < -0.39 is 5.54 Å². The Morgan fingerprint density at radius 3 is 2.59 bits per heavy atom. The maximum absolute atomic E-state index is 12.0. The van der Waals surface area contributed by atoms with E-state index in [4.69, 9.17) is 15.2 Å². The van der Waals surface area contributed by atoms with Crippen molar-refractivity contribution in [1.29, 1.82) is 0 Å². The third kappa shape index (κ3) is 4.28. The molecule has 1 unspecified atom stereocenters. The van der Waals surface area contributed by atoms with Crippen LogP contribution in [0, 0.1) is 5.92 Å². The van der Waals surface area contributed by atoms with Crippen molar-refractivity contribution in [2.75, 3.05) is 13.2 Å². The maximum Gasteiger partial charge on any atom is 0.326 e. The minimum absolute atomic E-state index is 0.220. The molecule has 1 atom stereocenters. The van der Waals surface area contributed by atoms with E-state index in [1.807, 2.05) is 13.8 Å². The number of hydrogen-bond donors (Lipinski definition) is 1. The van der Waals surface area contributed by atoms with Crippen LogP contribution in [0.2, 0.25) is 0 Å². The predicted octanol–water partition coefficient (Wildman–Crippen LogP) is 1.86. The van der Waals surface area contributed by atoms with Gasteiger partial charge in [0, 0.05) is 6.61 Å². The van der Waals surface area contributed by atoms with Crippen LogP contribution in [0.3, 0.4) is 0 Å². The third-order valence-electron chi connectivity index (χ3n) is 3.44. The van der Waals surface area contributed by atoms with E-state index in [0.29, 0.717) is 19.1 Å². The molecular weight excluding hydrogens is 218 g/mol. The molecule has 1 saturated carbocycles. The van der Waals surface area contributed by atoms with Crippen LogP contribution in [0.25, 0.3) is 0 Å². The summed E-state index contributed by atoms with van der Waals surface area (Å²) in [5, 5.41) is 0. The molecule has 17 heavy (non-hydrogen) atoms. The van der Waals surface area contributed by atoms with Gasteiger partial charge in [-0.05, 0) is 45.4 Å². The van der Waals surface area contributed by atoms with Gasteiger partial charge in [0.1, 0.15) is 11.6 Å². The van der Waals surface area contributed by atoms with Crippen LogP contribution in [0.4, 0.5) is 0 Å². The molecule has 1 rings (SSSR count). The van der Waals surface area contributed by atoms with Crippen LogP contribution in [-0.4, -0.2) is 30.8 Å². The second kappa shape index (κ2) is 6.36. The van der Waals surface area contributed by atoms with E-state index >= 15 is 0 Å². The van der Waals surface area contributed by atoms with Crippen molar-refractivity contribution in [2.24, 2.45) is 11.7 Å². The SMILES string of the molecule is CCOCC(C)OC(=O)C1(N)CCC(C)CC1. The average Bonchev–Trinajstić information content (AvgIpc) is 2.30. The number of carbonyl (C=O) groups is 1. The monoisotopic (exact) mass is 243 g/mol. The first-order chi connectivity index (χ1) is 7.98. The molecule has 1 fully saturated rings. The molecule has 2 N–H and O–H groups in total. The number of nitrogens with two attached hydrogens (primary N) is 1. The van der Waals surface area contributed by atoms with E-state index in [1.165, 1.54) is 0 Å². The topological polar surface area (TPSA) is 61.5 Å². The molecule has 0 bridgehead atoms. The summed E-state index contributed by atoms with van der Waals surface area (Å²) >= 11 is 0. The zero-order valence-corrected chi connectivity index (χ0v) is 11.2.